The molecular weight excluding hydrogens is 178 g/mol. The van der Waals surface area contributed by atoms with Crippen molar-refractivity contribution in [3.63, 3.8) is 0 Å². The Morgan fingerprint density at radius 3 is 2.64 bits per heavy atom. The molecule has 0 heterocycles. The molecule has 0 saturated heterocycles. The van der Waals surface area contributed by atoms with Gasteiger partial charge in [0.25, 0.3) is 0 Å². The Kier molecular flexibility index (Phi) is 4.94. The van der Waals surface area contributed by atoms with Gasteiger partial charge in [-0.25, -0.2) is 0 Å². The van der Waals surface area contributed by atoms with Crippen LogP contribution in [0.25, 0.3) is 0 Å². The average Bonchev–Trinajstić information content (AvgIpc) is 2.19. The van der Waals surface area contributed by atoms with E-state index in [2.05, 4.69) is 5.32 Å². The quantitative estimate of drug-likeness (QED) is 0.712. The highest BCUT2D eigenvalue weighted by Gasteiger charge is 2.14. The van der Waals surface area contributed by atoms with Crippen molar-refractivity contribution >= 4 is 5.97 Å². The maximum Gasteiger partial charge on any atom is 0.320 e. The van der Waals surface area contributed by atoms with Crippen LogP contribution < -0.4 is 5.32 Å². The zero-order valence-electron chi connectivity index (χ0n) is 8.96. The molecule has 3 heteroatoms. The van der Waals surface area contributed by atoms with Crippen LogP contribution in [0.15, 0.2) is 0 Å². The van der Waals surface area contributed by atoms with E-state index in [1.165, 1.54) is 32.1 Å². The molecule has 1 rings (SSSR count). The maximum absolute atomic E-state index is 10.5. The minimum atomic E-state index is -0.756. The van der Waals surface area contributed by atoms with Crippen molar-refractivity contribution in [1.82, 2.24) is 5.32 Å². The van der Waals surface area contributed by atoms with Gasteiger partial charge in [0.1, 0.15) is 6.04 Å². The first-order valence-corrected chi connectivity index (χ1v) is 5.66. The molecule has 2 N–H and O–H groups in total. The van der Waals surface area contributed by atoms with Gasteiger partial charge in [0.15, 0.2) is 0 Å². The zero-order valence-corrected chi connectivity index (χ0v) is 8.96. The topological polar surface area (TPSA) is 49.3 Å². The molecule has 0 aromatic heterocycles. The van der Waals surface area contributed by atoms with Gasteiger partial charge in [0.05, 0.1) is 0 Å². The van der Waals surface area contributed by atoms with Crippen LogP contribution in [0.3, 0.4) is 0 Å². The average molecular weight is 199 g/mol. The number of nitrogens with one attached hydrogen (secondary N) is 1. The van der Waals surface area contributed by atoms with E-state index in [1.807, 2.05) is 0 Å². The monoisotopic (exact) mass is 199 g/mol. The number of hydrogen-bond donors (Lipinski definition) is 2. The summed E-state index contributed by atoms with van der Waals surface area (Å²) in [6.45, 7) is 2.54. The summed E-state index contributed by atoms with van der Waals surface area (Å²) < 4.78 is 0. The van der Waals surface area contributed by atoms with Crippen molar-refractivity contribution in [2.24, 2.45) is 5.92 Å². The largest absolute Gasteiger partial charge is 0.480 e. The third-order valence-electron chi connectivity index (χ3n) is 3.10. The van der Waals surface area contributed by atoms with Gasteiger partial charge in [-0.2, -0.15) is 0 Å². The second-order valence-corrected chi connectivity index (χ2v) is 4.31. The predicted octanol–water partition coefficient (Wildman–Crippen LogP) is 2.02. The Bertz CT molecular complexity index is 176. The molecule has 0 unspecified atom stereocenters. The minimum Gasteiger partial charge on any atom is -0.480 e. The van der Waals surface area contributed by atoms with Crippen LogP contribution in [0.2, 0.25) is 0 Å². The Balaban J connectivity index is 2.05. The van der Waals surface area contributed by atoms with Gasteiger partial charge in [0.2, 0.25) is 0 Å². The van der Waals surface area contributed by atoms with Crippen molar-refractivity contribution in [2.75, 3.05) is 6.54 Å². The van der Waals surface area contributed by atoms with E-state index in [-0.39, 0.29) is 0 Å². The highest BCUT2D eigenvalue weighted by Crippen LogP contribution is 2.25. The van der Waals surface area contributed by atoms with Crippen LogP contribution in [0.5, 0.6) is 0 Å². The first-order valence-electron chi connectivity index (χ1n) is 5.66. The molecule has 1 aliphatic carbocycles. The van der Waals surface area contributed by atoms with Crippen LogP contribution in [0, 0.1) is 5.92 Å². The Morgan fingerprint density at radius 1 is 1.43 bits per heavy atom. The molecule has 14 heavy (non-hydrogen) atoms. The van der Waals surface area contributed by atoms with E-state index in [1.54, 1.807) is 6.92 Å². The molecule has 0 spiro atoms. The lowest BCUT2D eigenvalue weighted by Crippen LogP contribution is -2.35. The van der Waals surface area contributed by atoms with Crippen molar-refractivity contribution in [2.45, 2.75) is 51.5 Å². The lowest BCUT2D eigenvalue weighted by Gasteiger charge is -2.21. The number of carboxylic acids is 1. The summed E-state index contributed by atoms with van der Waals surface area (Å²) in [5.41, 5.74) is 0. The van der Waals surface area contributed by atoms with Crippen molar-refractivity contribution in [1.29, 1.82) is 0 Å². The number of aliphatic carboxylic acids is 1. The molecule has 0 amide bonds. The molecule has 1 atom stereocenters. The highest BCUT2D eigenvalue weighted by molar-refractivity contribution is 5.72. The van der Waals surface area contributed by atoms with Gasteiger partial charge in [0, 0.05) is 0 Å². The SMILES string of the molecule is C[C@H](NCCC1CCCCC1)C(=O)O. The summed E-state index contributed by atoms with van der Waals surface area (Å²) >= 11 is 0. The van der Waals surface area contributed by atoms with Crippen LogP contribution in [-0.2, 0) is 4.79 Å². The second kappa shape index (κ2) is 6.02. The standard InChI is InChI=1S/C11H21NO2/c1-9(11(13)14)12-8-7-10-5-3-2-4-6-10/h9-10,12H,2-8H2,1H3,(H,13,14)/t9-/m0/s1. The summed E-state index contributed by atoms with van der Waals surface area (Å²) in [5.74, 6) is 0.0749. The predicted molar refractivity (Wildman–Crippen MR) is 56.3 cm³/mol. The summed E-state index contributed by atoms with van der Waals surface area (Å²) in [5, 5.41) is 11.7. The number of hydrogen-bond acceptors (Lipinski definition) is 2. The molecule has 82 valence electrons. The number of rotatable bonds is 5. The number of carbonyl (C=O) groups is 1. The zero-order chi connectivity index (χ0) is 10.4. The summed E-state index contributed by atoms with van der Waals surface area (Å²) in [4.78, 5) is 10.5. The molecule has 0 aromatic rings. The third-order valence-corrected chi connectivity index (χ3v) is 3.10. The molecule has 0 radical (unpaired) electrons. The molecule has 1 aliphatic rings. The first kappa shape index (κ1) is 11.5. The van der Waals surface area contributed by atoms with Gasteiger partial charge < -0.3 is 10.4 Å². The molecule has 1 fully saturated rings. The van der Waals surface area contributed by atoms with Gasteiger partial charge in [-0.05, 0) is 25.8 Å². The summed E-state index contributed by atoms with van der Waals surface area (Å²) in [6.07, 6.45) is 7.91. The van der Waals surface area contributed by atoms with Crippen LogP contribution in [0.1, 0.15) is 45.4 Å². The Labute approximate surface area is 85.9 Å². The fourth-order valence-electron chi connectivity index (χ4n) is 2.07. The van der Waals surface area contributed by atoms with Crippen molar-refractivity contribution < 1.29 is 9.90 Å². The van der Waals surface area contributed by atoms with Crippen LogP contribution in [0.4, 0.5) is 0 Å². The molecule has 1 saturated carbocycles. The Morgan fingerprint density at radius 2 is 2.07 bits per heavy atom. The van der Waals surface area contributed by atoms with E-state index < -0.39 is 12.0 Å². The first-order chi connectivity index (χ1) is 6.70. The fraction of sp³-hybridized carbons (Fsp3) is 0.909. The van der Waals surface area contributed by atoms with Gasteiger partial charge in [-0.3, -0.25) is 4.79 Å². The smallest absolute Gasteiger partial charge is 0.320 e. The lowest BCUT2D eigenvalue weighted by molar-refractivity contribution is -0.139. The van der Waals surface area contributed by atoms with Gasteiger partial charge >= 0.3 is 5.97 Å². The van der Waals surface area contributed by atoms with Crippen molar-refractivity contribution in [3.05, 3.63) is 0 Å². The Hall–Kier alpha value is -0.570. The molecule has 0 aliphatic heterocycles. The van der Waals surface area contributed by atoms with E-state index in [0.717, 1.165) is 18.9 Å². The van der Waals surface area contributed by atoms with Crippen LogP contribution >= 0.6 is 0 Å². The maximum atomic E-state index is 10.5. The van der Waals surface area contributed by atoms with E-state index in [0.29, 0.717) is 0 Å². The van der Waals surface area contributed by atoms with Crippen LogP contribution in [-0.4, -0.2) is 23.7 Å². The highest BCUT2D eigenvalue weighted by atomic mass is 16.4. The minimum absolute atomic E-state index is 0.404. The second-order valence-electron chi connectivity index (χ2n) is 4.31. The van der Waals surface area contributed by atoms with E-state index >= 15 is 0 Å². The van der Waals surface area contributed by atoms with Gasteiger partial charge in [-0.1, -0.05) is 32.1 Å². The number of carboxylic acid groups (broad SMARTS) is 1. The van der Waals surface area contributed by atoms with E-state index in [4.69, 9.17) is 5.11 Å². The fourth-order valence-corrected chi connectivity index (χ4v) is 2.07. The van der Waals surface area contributed by atoms with Gasteiger partial charge in [-0.15, -0.1) is 0 Å². The molecular formula is C11H21NO2. The third kappa shape index (κ3) is 4.09. The molecule has 3 nitrogen and oxygen atoms in total. The van der Waals surface area contributed by atoms with E-state index in [9.17, 15) is 4.79 Å². The molecule has 0 aromatic carbocycles. The summed E-state index contributed by atoms with van der Waals surface area (Å²) in [6, 6.07) is -0.404. The molecule has 0 bridgehead atoms. The lowest BCUT2D eigenvalue weighted by atomic mass is 9.87. The summed E-state index contributed by atoms with van der Waals surface area (Å²) in [7, 11) is 0. The van der Waals surface area contributed by atoms with Crippen molar-refractivity contribution in [3.8, 4) is 0 Å². The normalized spacial score (nSPS) is 20.6.